The first-order valence-electron chi connectivity index (χ1n) is 10.1. The van der Waals surface area contributed by atoms with Gasteiger partial charge in [0.05, 0.1) is 5.75 Å². The third-order valence-corrected chi connectivity index (χ3v) is 7.43. The van der Waals surface area contributed by atoms with E-state index in [9.17, 15) is 24.3 Å². The van der Waals surface area contributed by atoms with E-state index in [0.717, 1.165) is 22.2 Å². The van der Waals surface area contributed by atoms with Crippen molar-refractivity contribution in [3.63, 3.8) is 0 Å². The van der Waals surface area contributed by atoms with E-state index < -0.39 is 29.2 Å². The average molecular weight is 504 g/mol. The zero-order valence-electron chi connectivity index (χ0n) is 17.9. The molecule has 2 aliphatic heterocycles. The van der Waals surface area contributed by atoms with Crippen molar-refractivity contribution < 1.29 is 24.3 Å². The SMILES string of the molecule is CC(=O)NCC1=C(C(=O)O)N2C(=O)C(NC(=O)CSc3nnc(-c4ccccc4)n3N)[C@@H]2SC1. The molecule has 0 bridgehead atoms. The number of amides is 3. The Kier molecular flexibility index (Phi) is 6.79. The van der Waals surface area contributed by atoms with E-state index in [2.05, 4.69) is 20.8 Å². The zero-order chi connectivity index (χ0) is 24.4. The number of carbonyl (C=O) groups excluding carboxylic acids is 3. The number of hydrogen-bond acceptors (Lipinski definition) is 9. The van der Waals surface area contributed by atoms with E-state index in [4.69, 9.17) is 5.84 Å². The Labute approximate surface area is 202 Å². The van der Waals surface area contributed by atoms with Gasteiger partial charge in [0.25, 0.3) is 5.91 Å². The van der Waals surface area contributed by atoms with Crippen LogP contribution in [0.4, 0.5) is 0 Å². The van der Waals surface area contributed by atoms with Gasteiger partial charge in [-0.25, -0.2) is 9.47 Å². The van der Waals surface area contributed by atoms with Crippen LogP contribution in [0, 0.1) is 0 Å². The van der Waals surface area contributed by atoms with Gasteiger partial charge in [0.2, 0.25) is 17.0 Å². The Bertz CT molecular complexity index is 1180. The van der Waals surface area contributed by atoms with Crippen molar-refractivity contribution in [1.82, 2.24) is 30.4 Å². The highest BCUT2D eigenvalue weighted by molar-refractivity contribution is 8.00. The summed E-state index contributed by atoms with van der Waals surface area (Å²) >= 11 is 2.40. The van der Waals surface area contributed by atoms with Crippen LogP contribution in [0.3, 0.4) is 0 Å². The van der Waals surface area contributed by atoms with E-state index in [1.54, 1.807) is 0 Å². The highest BCUT2D eigenvalue weighted by atomic mass is 32.2. The number of carbonyl (C=O) groups is 4. The van der Waals surface area contributed by atoms with Crippen LogP contribution >= 0.6 is 23.5 Å². The lowest BCUT2D eigenvalue weighted by molar-refractivity contribution is -0.150. The van der Waals surface area contributed by atoms with E-state index in [1.807, 2.05) is 30.3 Å². The predicted octanol–water partition coefficient (Wildman–Crippen LogP) is -0.374. The second-order valence-electron chi connectivity index (χ2n) is 7.45. The van der Waals surface area contributed by atoms with Crippen LogP contribution in [-0.2, 0) is 19.2 Å². The zero-order valence-corrected chi connectivity index (χ0v) is 19.6. The van der Waals surface area contributed by atoms with Crippen LogP contribution in [0.2, 0.25) is 0 Å². The summed E-state index contributed by atoms with van der Waals surface area (Å²) in [5, 5.41) is 22.7. The Morgan fingerprint density at radius 3 is 2.68 bits per heavy atom. The van der Waals surface area contributed by atoms with Gasteiger partial charge >= 0.3 is 5.97 Å². The number of benzene rings is 1. The minimum absolute atomic E-state index is 0.0405. The lowest BCUT2D eigenvalue weighted by atomic mass is 10.0. The minimum Gasteiger partial charge on any atom is -0.477 e. The number of fused-ring (bicyclic) bond motifs is 1. The molecule has 3 heterocycles. The summed E-state index contributed by atoms with van der Waals surface area (Å²) in [6.07, 6.45) is 0. The highest BCUT2D eigenvalue weighted by Gasteiger charge is 2.54. The minimum atomic E-state index is -1.25. The van der Waals surface area contributed by atoms with E-state index in [1.165, 1.54) is 23.4 Å². The molecule has 3 amide bonds. The number of β-lactam (4-membered cyclic amide) rings is 1. The van der Waals surface area contributed by atoms with Crippen LogP contribution < -0.4 is 16.5 Å². The van der Waals surface area contributed by atoms with Crippen LogP contribution in [-0.4, -0.2) is 78.0 Å². The van der Waals surface area contributed by atoms with Gasteiger partial charge in [-0.15, -0.1) is 22.0 Å². The molecule has 5 N–H and O–H groups in total. The molecule has 0 aliphatic carbocycles. The fourth-order valence-corrected chi connectivity index (χ4v) is 5.57. The van der Waals surface area contributed by atoms with Crippen LogP contribution in [0.15, 0.2) is 46.8 Å². The topological polar surface area (TPSA) is 173 Å². The van der Waals surface area contributed by atoms with Crippen LogP contribution in [0.25, 0.3) is 11.4 Å². The molecule has 2 aromatic rings. The molecule has 4 rings (SSSR count). The smallest absolute Gasteiger partial charge is 0.352 e. The maximum Gasteiger partial charge on any atom is 0.352 e. The highest BCUT2D eigenvalue weighted by Crippen LogP contribution is 2.40. The fourth-order valence-electron chi connectivity index (χ4n) is 3.55. The molecule has 12 nitrogen and oxygen atoms in total. The molecule has 1 aromatic carbocycles. The number of carboxylic acid groups (broad SMARTS) is 1. The number of rotatable bonds is 8. The number of nitrogens with two attached hydrogens (primary N) is 1. The van der Waals surface area contributed by atoms with Gasteiger partial charge in [-0.05, 0) is 5.57 Å². The van der Waals surface area contributed by atoms with Crippen molar-refractivity contribution in [1.29, 1.82) is 0 Å². The number of carboxylic acids is 1. The first-order valence-corrected chi connectivity index (χ1v) is 12.1. The number of nitrogens with one attached hydrogen (secondary N) is 2. The molecule has 1 unspecified atom stereocenters. The molecule has 0 spiro atoms. The molecular formula is C20H21N7O5S2. The number of aromatic nitrogens is 3. The second kappa shape index (κ2) is 9.77. The largest absolute Gasteiger partial charge is 0.477 e. The Hall–Kier alpha value is -3.52. The first kappa shape index (κ1) is 23.6. The standard InChI is InChI=1S/C20H21N7O5S2/c1-10(28)22-7-12-8-33-18-14(17(30)26(18)15(12)19(31)32)23-13(29)9-34-20-25-24-16(27(20)21)11-5-3-2-4-6-11/h2-6,14,18H,7-9,21H2,1H3,(H,22,28)(H,23,29)(H,31,32)/t14?,18-/m0/s1. The van der Waals surface area contributed by atoms with E-state index in [-0.39, 0.29) is 23.9 Å². The summed E-state index contributed by atoms with van der Waals surface area (Å²) in [7, 11) is 0. The normalized spacial score (nSPS) is 19.3. The van der Waals surface area contributed by atoms with Gasteiger partial charge < -0.3 is 21.6 Å². The van der Waals surface area contributed by atoms with Gasteiger partial charge in [-0.3, -0.25) is 19.3 Å². The quantitative estimate of drug-likeness (QED) is 0.211. The lowest BCUT2D eigenvalue weighted by Crippen LogP contribution is -2.70. The third kappa shape index (κ3) is 4.59. The van der Waals surface area contributed by atoms with Crippen molar-refractivity contribution in [2.75, 3.05) is 23.9 Å². The Morgan fingerprint density at radius 2 is 2.00 bits per heavy atom. The summed E-state index contributed by atoms with van der Waals surface area (Å²) in [5.41, 5.74) is 1.07. The number of nitrogen functional groups attached to an aromatic ring is 1. The number of hydrogen-bond donors (Lipinski definition) is 4. The Balaban J connectivity index is 1.37. The van der Waals surface area contributed by atoms with Crippen molar-refractivity contribution in [2.45, 2.75) is 23.5 Å². The second-order valence-corrected chi connectivity index (χ2v) is 9.50. The molecule has 2 atom stereocenters. The fraction of sp³-hybridized carbons (Fsp3) is 0.300. The van der Waals surface area contributed by atoms with Crippen molar-refractivity contribution in [3.8, 4) is 11.4 Å². The maximum absolute atomic E-state index is 12.7. The molecule has 34 heavy (non-hydrogen) atoms. The van der Waals surface area contributed by atoms with Gasteiger partial charge in [0.1, 0.15) is 17.1 Å². The molecular weight excluding hydrogens is 482 g/mol. The van der Waals surface area contributed by atoms with Crippen LogP contribution in [0.1, 0.15) is 6.92 Å². The van der Waals surface area contributed by atoms with Gasteiger partial charge in [-0.1, -0.05) is 42.1 Å². The molecule has 2 aliphatic rings. The average Bonchev–Trinajstić information content (AvgIpc) is 3.19. The van der Waals surface area contributed by atoms with Crippen molar-refractivity contribution in [2.24, 2.45) is 0 Å². The van der Waals surface area contributed by atoms with Crippen LogP contribution in [0.5, 0.6) is 0 Å². The van der Waals surface area contributed by atoms with Gasteiger partial charge in [0, 0.05) is 24.8 Å². The molecule has 178 valence electrons. The molecule has 1 saturated heterocycles. The summed E-state index contributed by atoms with van der Waals surface area (Å²) in [6, 6.07) is 8.40. The summed E-state index contributed by atoms with van der Waals surface area (Å²) < 4.78 is 1.29. The molecule has 1 fully saturated rings. The lowest BCUT2D eigenvalue weighted by Gasteiger charge is -2.49. The predicted molar refractivity (Wildman–Crippen MR) is 125 cm³/mol. The van der Waals surface area contributed by atoms with Crippen molar-refractivity contribution >= 4 is 47.2 Å². The summed E-state index contributed by atoms with van der Waals surface area (Å²) in [6.45, 7) is 1.37. The number of nitrogens with zero attached hydrogens (tertiary/aromatic N) is 4. The monoisotopic (exact) mass is 503 g/mol. The van der Waals surface area contributed by atoms with E-state index >= 15 is 0 Å². The maximum atomic E-state index is 12.7. The summed E-state index contributed by atoms with van der Waals surface area (Å²) in [5.74, 6) is 4.29. The third-order valence-electron chi connectivity index (χ3n) is 5.15. The van der Waals surface area contributed by atoms with E-state index in [0.29, 0.717) is 22.3 Å². The van der Waals surface area contributed by atoms with Gasteiger partial charge in [-0.2, -0.15) is 0 Å². The van der Waals surface area contributed by atoms with Gasteiger partial charge in [0.15, 0.2) is 5.82 Å². The summed E-state index contributed by atoms with van der Waals surface area (Å²) in [4.78, 5) is 49.3. The molecule has 1 aromatic heterocycles. The Morgan fingerprint density at radius 1 is 1.26 bits per heavy atom. The number of aliphatic carboxylic acids is 1. The number of thioether (sulfide) groups is 2. The van der Waals surface area contributed by atoms with Crippen molar-refractivity contribution in [3.05, 3.63) is 41.6 Å². The molecule has 0 radical (unpaired) electrons. The molecule has 14 heteroatoms. The first-order chi connectivity index (χ1) is 16.3. The molecule has 0 saturated carbocycles.